The first-order valence-corrected chi connectivity index (χ1v) is 7.98. The number of benzene rings is 1. The molecule has 1 unspecified atom stereocenters. The Morgan fingerprint density at radius 3 is 3.05 bits per heavy atom. The van der Waals surface area contributed by atoms with Gasteiger partial charge in [0.1, 0.15) is 5.75 Å². The summed E-state index contributed by atoms with van der Waals surface area (Å²) in [6.07, 6.45) is 2.61. The Kier molecular flexibility index (Phi) is 6.34. The molecule has 0 aliphatic carbocycles. The number of amides is 2. The van der Waals surface area contributed by atoms with Gasteiger partial charge >= 0.3 is 6.03 Å². The number of carbonyl (C=O) groups excluding carboxylic acids is 1. The van der Waals surface area contributed by atoms with E-state index in [4.69, 9.17) is 16.3 Å². The summed E-state index contributed by atoms with van der Waals surface area (Å²) in [5, 5.41) is 12.8. The number of ether oxygens (including phenoxy) is 1. The van der Waals surface area contributed by atoms with Gasteiger partial charge in [0.05, 0.1) is 7.11 Å². The fourth-order valence-electron chi connectivity index (χ4n) is 2.67. The van der Waals surface area contributed by atoms with Gasteiger partial charge in [-0.25, -0.2) is 4.79 Å². The highest BCUT2D eigenvalue weighted by molar-refractivity contribution is 6.31. The van der Waals surface area contributed by atoms with Crippen molar-refractivity contribution in [1.29, 1.82) is 0 Å². The van der Waals surface area contributed by atoms with E-state index in [1.54, 1.807) is 18.1 Å². The number of urea groups is 1. The molecule has 2 rings (SSSR count). The van der Waals surface area contributed by atoms with E-state index in [1.165, 1.54) is 0 Å². The summed E-state index contributed by atoms with van der Waals surface area (Å²) in [4.78, 5) is 13.9. The minimum atomic E-state index is -0.0669. The van der Waals surface area contributed by atoms with E-state index >= 15 is 0 Å². The maximum absolute atomic E-state index is 12.1. The van der Waals surface area contributed by atoms with Gasteiger partial charge in [-0.05, 0) is 42.9 Å². The van der Waals surface area contributed by atoms with Crippen molar-refractivity contribution < 1.29 is 14.6 Å². The molecule has 0 aromatic heterocycles. The second kappa shape index (κ2) is 8.25. The van der Waals surface area contributed by atoms with Crippen LogP contribution >= 0.6 is 11.6 Å². The van der Waals surface area contributed by atoms with Gasteiger partial charge < -0.3 is 20.1 Å². The Hall–Kier alpha value is -1.46. The van der Waals surface area contributed by atoms with Crippen LogP contribution in [0, 0.1) is 5.92 Å². The van der Waals surface area contributed by atoms with Gasteiger partial charge in [0.25, 0.3) is 0 Å². The Morgan fingerprint density at radius 1 is 1.55 bits per heavy atom. The van der Waals surface area contributed by atoms with Gasteiger partial charge in [0, 0.05) is 31.3 Å². The van der Waals surface area contributed by atoms with Gasteiger partial charge in [-0.3, -0.25) is 0 Å². The minimum absolute atomic E-state index is 0.0669. The standard InChI is InChI=1S/C16H23ClN2O3/c1-22-14-5-4-13(15(17)9-14)6-7-18-16(21)19-8-2-3-12(10-19)11-20/h4-5,9,12,20H,2-3,6-8,10-11H2,1H3,(H,18,21). The molecule has 1 atom stereocenters. The molecule has 1 aliphatic rings. The molecular weight excluding hydrogens is 304 g/mol. The monoisotopic (exact) mass is 326 g/mol. The number of hydrogen-bond donors (Lipinski definition) is 2. The number of rotatable bonds is 5. The Labute approximate surface area is 136 Å². The molecule has 0 saturated carbocycles. The summed E-state index contributed by atoms with van der Waals surface area (Å²) in [6.45, 7) is 2.06. The summed E-state index contributed by atoms with van der Waals surface area (Å²) >= 11 is 6.18. The van der Waals surface area contributed by atoms with Crippen LogP contribution in [-0.2, 0) is 6.42 Å². The van der Waals surface area contributed by atoms with E-state index in [2.05, 4.69) is 5.32 Å². The molecule has 0 spiro atoms. The van der Waals surface area contributed by atoms with Gasteiger partial charge in [-0.1, -0.05) is 17.7 Å². The second-order valence-corrected chi connectivity index (χ2v) is 5.98. The molecule has 1 fully saturated rings. The summed E-state index contributed by atoms with van der Waals surface area (Å²) in [6, 6.07) is 5.48. The first-order valence-electron chi connectivity index (χ1n) is 7.60. The second-order valence-electron chi connectivity index (χ2n) is 5.58. The quantitative estimate of drug-likeness (QED) is 0.873. The van der Waals surface area contributed by atoms with Crippen LogP contribution in [-0.4, -0.2) is 49.4 Å². The summed E-state index contributed by atoms with van der Waals surface area (Å²) in [5.41, 5.74) is 0.981. The van der Waals surface area contributed by atoms with E-state index in [0.29, 0.717) is 24.5 Å². The van der Waals surface area contributed by atoms with Crippen molar-refractivity contribution in [2.24, 2.45) is 5.92 Å². The largest absolute Gasteiger partial charge is 0.497 e. The van der Waals surface area contributed by atoms with Crippen LogP contribution in [0.2, 0.25) is 5.02 Å². The number of methoxy groups -OCH3 is 1. The molecule has 1 aliphatic heterocycles. The van der Waals surface area contributed by atoms with Crippen LogP contribution in [0.1, 0.15) is 18.4 Å². The van der Waals surface area contributed by atoms with Crippen LogP contribution in [0.3, 0.4) is 0 Å². The maximum atomic E-state index is 12.1. The molecule has 2 amide bonds. The smallest absolute Gasteiger partial charge is 0.317 e. The molecular formula is C16H23ClN2O3. The number of likely N-dealkylation sites (tertiary alicyclic amines) is 1. The number of aliphatic hydroxyl groups is 1. The van der Waals surface area contributed by atoms with Gasteiger partial charge in [-0.2, -0.15) is 0 Å². The minimum Gasteiger partial charge on any atom is -0.497 e. The first-order chi connectivity index (χ1) is 10.6. The first kappa shape index (κ1) is 16.9. The summed E-state index contributed by atoms with van der Waals surface area (Å²) in [5.74, 6) is 0.927. The Morgan fingerprint density at radius 2 is 2.36 bits per heavy atom. The van der Waals surface area contributed by atoms with Crippen molar-refractivity contribution in [3.05, 3.63) is 28.8 Å². The average molecular weight is 327 g/mol. The average Bonchev–Trinajstić information content (AvgIpc) is 2.56. The van der Waals surface area contributed by atoms with Crippen LogP contribution in [0.15, 0.2) is 18.2 Å². The van der Waals surface area contributed by atoms with Gasteiger partial charge in [-0.15, -0.1) is 0 Å². The Bertz CT molecular complexity index is 510. The third-order valence-electron chi connectivity index (χ3n) is 4.00. The van der Waals surface area contributed by atoms with Crippen LogP contribution < -0.4 is 10.1 Å². The molecule has 2 N–H and O–H groups in total. The lowest BCUT2D eigenvalue weighted by Gasteiger charge is -2.31. The molecule has 1 heterocycles. The number of hydrogen-bond acceptors (Lipinski definition) is 3. The van der Waals surface area contributed by atoms with E-state index < -0.39 is 0 Å². The van der Waals surface area contributed by atoms with E-state index in [1.807, 2.05) is 12.1 Å². The fraction of sp³-hybridized carbons (Fsp3) is 0.562. The molecule has 0 bridgehead atoms. The molecule has 1 aromatic carbocycles. The summed E-state index contributed by atoms with van der Waals surface area (Å²) in [7, 11) is 1.60. The van der Waals surface area contributed by atoms with Crippen molar-refractivity contribution in [1.82, 2.24) is 10.2 Å². The maximum Gasteiger partial charge on any atom is 0.317 e. The van der Waals surface area contributed by atoms with E-state index in [-0.39, 0.29) is 18.6 Å². The lowest BCUT2D eigenvalue weighted by molar-refractivity contribution is 0.129. The normalized spacial score (nSPS) is 18.1. The molecule has 5 nitrogen and oxygen atoms in total. The lowest BCUT2D eigenvalue weighted by atomic mass is 9.99. The van der Waals surface area contributed by atoms with Crippen molar-refractivity contribution in [3.63, 3.8) is 0 Å². The Balaban J connectivity index is 1.79. The van der Waals surface area contributed by atoms with E-state index in [0.717, 1.165) is 30.7 Å². The molecule has 22 heavy (non-hydrogen) atoms. The van der Waals surface area contributed by atoms with Crippen molar-refractivity contribution in [2.75, 3.05) is 33.4 Å². The van der Waals surface area contributed by atoms with Crippen molar-refractivity contribution in [2.45, 2.75) is 19.3 Å². The van der Waals surface area contributed by atoms with Crippen LogP contribution in [0.4, 0.5) is 4.79 Å². The van der Waals surface area contributed by atoms with E-state index in [9.17, 15) is 9.90 Å². The zero-order chi connectivity index (χ0) is 15.9. The number of piperidine rings is 1. The lowest BCUT2D eigenvalue weighted by Crippen LogP contribution is -2.46. The zero-order valence-electron chi connectivity index (χ0n) is 12.8. The molecule has 6 heteroatoms. The molecule has 122 valence electrons. The predicted molar refractivity (Wildman–Crippen MR) is 86.5 cm³/mol. The van der Waals surface area contributed by atoms with Gasteiger partial charge in [0.15, 0.2) is 0 Å². The number of aliphatic hydroxyl groups excluding tert-OH is 1. The molecule has 1 saturated heterocycles. The number of nitrogens with one attached hydrogen (secondary N) is 1. The highest BCUT2D eigenvalue weighted by Gasteiger charge is 2.22. The SMILES string of the molecule is COc1ccc(CCNC(=O)N2CCCC(CO)C2)c(Cl)c1. The molecule has 1 aromatic rings. The zero-order valence-corrected chi connectivity index (χ0v) is 13.6. The number of carbonyl (C=O) groups is 1. The number of nitrogens with zero attached hydrogens (tertiary/aromatic N) is 1. The summed E-state index contributed by atoms with van der Waals surface area (Å²) < 4.78 is 5.11. The third-order valence-corrected chi connectivity index (χ3v) is 4.35. The topological polar surface area (TPSA) is 61.8 Å². The third kappa shape index (κ3) is 4.52. The van der Waals surface area contributed by atoms with Crippen molar-refractivity contribution >= 4 is 17.6 Å². The molecule has 0 radical (unpaired) electrons. The predicted octanol–water partition coefficient (Wildman–Crippen LogP) is 2.31. The highest BCUT2D eigenvalue weighted by Crippen LogP contribution is 2.22. The van der Waals surface area contributed by atoms with Crippen LogP contribution in [0.25, 0.3) is 0 Å². The fourth-order valence-corrected chi connectivity index (χ4v) is 2.94. The van der Waals surface area contributed by atoms with Crippen molar-refractivity contribution in [3.8, 4) is 5.75 Å². The highest BCUT2D eigenvalue weighted by atomic mass is 35.5. The number of halogens is 1. The van der Waals surface area contributed by atoms with Gasteiger partial charge in [0.2, 0.25) is 0 Å². The van der Waals surface area contributed by atoms with Crippen LogP contribution in [0.5, 0.6) is 5.75 Å².